The highest BCUT2D eigenvalue weighted by Gasteiger charge is 2.09. The summed E-state index contributed by atoms with van der Waals surface area (Å²) in [5, 5.41) is 4.65. The zero-order valence-electron chi connectivity index (χ0n) is 8.85. The maximum absolute atomic E-state index is 3.25. The Morgan fingerprint density at radius 2 is 2.14 bits per heavy atom. The van der Waals surface area contributed by atoms with E-state index < -0.39 is 0 Å². The third-order valence-electron chi connectivity index (χ3n) is 2.64. The number of rotatable bonds is 2. The van der Waals surface area contributed by atoms with Crippen molar-refractivity contribution in [3.05, 3.63) is 28.6 Å². The van der Waals surface area contributed by atoms with E-state index in [-0.39, 0.29) is 0 Å². The number of benzene rings is 1. The van der Waals surface area contributed by atoms with Crippen molar-refractivity contribution in [1.82, 2.24) is 0 Å². The van der Waals surface area contributed by atoms with Crippen LogP contribution in [0.1, 0.15) is 17.4 Å². The Hall–Kier alpha value is -1.02. The SMILES string of the molecule is CCc1sc2cccc(NC)c2c1C. The van der Waals surface area contributed by atoms with E-state index in [1.54, 1.807) is 0 Å². The number of aryl methyl sites for hydroxylation is 2. The van der Waals surface area contributed by atoms with Crippen LogP contribution in [0.15, 0.2) is 18.2 Å². The van der Waals surface area contributed by atoms with E-state index in [1.807, 2.05) is 18.4 Å². The maximum atomic E-state index is 3.25. The molecule has 0 aliphatic heterocycles. The summed E-state index contributed by atoms with van der Waals surface area (Å²) >= 11 is 1.91. The molecule has 0 amide bonds. The highest BCUT2D eigenvalue weighted by molar-refractivity contribution is 7.19. The van der Waals surface area contributed by atoms with Crippen molar-refractivity contribution in [2.24, 2.45) is 0 Å². The van der Waals surface area contributed by atoms with Gasteiger partial charge in [0, 0.05) is 27.7 Å². The van der Waals surface area contributed by atoms with Crippen molar-refractivity contribution in [3.8, 4) is 0 Å². The van der Waals surface area contributed by atoms with Crippen molar-refractivity contribution in [2.45, 2.75) is 20.3 Å². The summed E-state index contributed by atoms with van der Waals surface area (Å²) in [4.78, 5) is 1.50. The standard InChI is InChI=1S/C12H15NS/c1-4-10-8(2)12-9(13-3)6-5-7-11(12)14-10/h5-7,13H,4H2,1-3H3. The largest absolute Gasteiger partial charge is 0.388 e. The van der Waals surface area contributed by atoms with Gasteiger partial charge in [0.2, 0.25) is 0 Å². The number of anilines is 1. The molecule has 1 nitrogen and oxygen atoms in total. The van der Waals surface area contributed by atoms with Gasteiger partial charge in [0.15, 0.2) is 0 Å². The van der Waals surface area contributed by atoms with Crippen LogP contribution >= 0.6 is 11.3 Å². The molecular formula is C12H15NS. The average Bonchev–Trinajstić information content (AvgIpc) is 2.55. The number of thiophene rings is 1. The third kappa shape index (κ3) is 1.30. The van der Waals surface area contributed by atoms with Gasteiger partial charge in [-0.25, -0.2) is 0 Å². The monoisotopic (exact) mass is 205 g/mol. The van der Waals surface area contributed by atoms with Gasteiger partial charge in [-0.1, -0.05) is 13.0 Å². The number of nitrogens with one attached hydrogen (secondary N) is 1. The molecule has 1 aromatic heterocycles. The minimum atomic E-state index is 1.13. The van der Waals surface area contributed by atoms with Gasteiger partial charge in [-0.15, -0.1) is 11.3 Å². The van der Waals surface area contributed by atoms with Crippen molar-refractivity contribution in [3.63, 3.8) is 0 Å². The first-order chi connectivity index (χ1) is 6.77. The molecule has 14 heavy (non-hydrogen) atoms. The molecule has 74 valence electrons. The van der Waals surface area contributed by atoms with Crippen LogP contribution in [0.25, 0.3) is 10.1 Å². The number of hydrogen-bond donors (Lipinski definition) is 1. The van der Waals surface area contributed by atoms with Gasteiger partial charge >= 0.3 is 0 Å². The van der Waals surface area contributed by atoms with Crippen LogP contribution in [-0.2, 0) is 6.42 Å². The summed E-state index contributed by atoms with van der Waals surface area (Å²) in [6, 6.07) is 6.46. The zero-order chi connectivity index (χ0) is 10.1. The second-order valence-corrected chi connectivity index (χ2v) is 4.57. The second kappa shape index (κ2) is 3.62. The maximum Gasteiger partial charge on any atom is 0.0428 e. The number of hydrogen-bond acceptors (Lipinski definition) is 2. The highest BCUT2D eigenvalue weighted by atomic mass is 32.1. The summed E-state index contributed by atoms with van der Waals surface area (Å²) in [7, 11) is 1.98. The fourth-order valence-corrected chi connectivity index (χ4v) is 3.07. The fraction of sp³-hybridized carbons (Fsp3) is 0.333. The van der Waals surface area contributed by atoms with E-state index in [0.717, 1.165) is 6.42 Å². The molecule has 1 aromatic carbocycles. The van der Waals surface area contributed by atoms with Crippen LogP contribution < -0.4 is 5.32 Å². The van der Waals surface area contributed by atoms with Gasteiger partial charge in [-0.05, 0) is 31.0 Å². The summed E-state index contributed by atoms with van der Waals surface area (Å²) in [6.07, 6.45) is 1.13. The van der Waals surface area contributed by atoms with Gasteiger partial charge in [0.1, 0.15) is 0 Å². The Bertz CT molecular complexity index is 457. The van der Waals surface area contributed by atoms with Crippen LogP contribution in [0.5, 0.6) is 0 Å². The third-order valence-corrected chi connectivity index (χ3v) is 4.04. The van der Waals surface area contributed by atoms with Crippen molar-refractivity contribution in [1.29, 1.82) is 0 Å². The molecule has 2 heteroatoms. The van der Waals surface area contributed by atoms with Gasteiger partial charge in [-0.2, -0.15) is 0 Å². The first-order valence-corrected chi connectivity index (χ1v) is 5.78. The molecule has 0 fully saturated rings. The van der Waals surface area contributed by atoms with Crippen LogP contribution in [0.2, 0.25) is 0 Å². The quantitative estimate of drug-likeness (QED) is 0.786. The van der Waals surface area contributed by atoms with Crippen LogP contribution in [-0.4, -0.2) is 7.05 Å². The molecule has 0 radical (unpaired) electrons. The van der Waals surface area contributed by atoms with Crippen molar-refractivity contribution >= 4 is 27.1 Å². The van der Waals surface area contributed by atoms with Crippen LogP contribution in [0.3, 0.4) is 0 Å². The lowest BCUT2D eigenvalue weighted by Gasteiger charge is -2.02. The Labute approximate surface area is 88.8 Å². The lowest BCUT2D eigenvalue weighted by atomic mass is 10.1. The summed E-state index contributed by atoms with van der Waals surface area (Å²) in [5.74, 6) is 0. The molecule has 1 heterocycles. The molecular weight excluding hydrogens is 190 g/mol. The molecule has 0 bridgehead atoms. The van der Waals surface area contributed by atoms with Crippen LogP contribution in [0, 0.1) is 6.92 Å². The zero-order valence-corrected chi connectivity index (χ0v) is 9.66. The van der Waals surface area contributed by atoms with E-state index in [2.05, 4.69) is 37.4 Å². The first-order valence-electron chi connectivity index (χ1n) is 4.96. The molecule has 2 aromatic rings. The van der Waals surface area contributed by atoms with Gasteiger partial charge in [0.25, 0.3) is 0 Å². The van der Waals surface area contributed by atoms with Gasteiger partial charge in [-0.3, -0.25) is 0 Å². The van der Waals surface area contributed by atoms with Gasteiger partial charge in [0.05, 0.1) is 0 Å². The highest BCUT2D eigenvalue weighted by Crippen LogP contribution is 2.35. The Balaban J connectivity index is 2.79. The summed E-state index contributed by atoms with van der Waals surface area (Å²) in [6.45, 7) is 4.44. The van der Waals surface area contributed by atoms with E-state index in [0.29, 0.717) is 0 Å². The predicted molar refractivity (Wildman–Crippen MR) is 65.5 cm³/mol. The van der Waals surface area contributed by atoms with Crippen molar-refractivity contribution < 1.29 is 0 Å². The van der Waals surface area contributed by atoms with Crippen LogP contribution in [0.4, 0.5) is 5.69 Å². The minimum absolute atomic E-state index is 1.13. The summed E-state index contributed by atoms with van der Waals surface area (Å²) in [5.41, 5.74) is 2.69. The molecule has 2 rings (SSSR count). The lowest BCUT2D eigenvalue weighted by Crippen LogP contribution is -1.88. The average molecular weight is 205 g/mol. The topological polar surface area (TPSA) is 12.0 Å². The minimum Gasteiger partial charge on any atom is -0.388 e. The predicted octanol–water partition coefficient (Wildman–Crippen LogP) is 3.81. The molecule has 0 aliphatic carbocycles. The molecule has 0 unspecified atom stereocenters. The molecule has 0 saturated heterocycles. The van der Waals surface area contributed by atoms with Crippen molar-refractivity contribution in [2.75, 3.05) is 12.4 Å². The molecule has 1 N–H and O–H groups in total. The lowest BCUT2D eigenvalue weighted by molar-refractivity contribution is 1.16. The number of fused-ring (bicyclic) bond motifs is 1. The summed E-state index contributed by atoms with van der Waals surface area (Å²) < 4.78 is 1.39. The molecule has 0 saturated carbocycles. The first kappa shape index (κ1) is 9.53. The second-order valence-electron chi connectivity index (χ2n) is 3.43. The Morgan fingerprint density at radius 1 is 1.36 bits per heavy atom. The smallest absolute Gasteiger partial charge is 0.0428 e. The van der Waals surface area contributed by atoms with E-state index in [9.17, 15) is 0 Å². The molecule has 0 aliphatic rings. The normalized spacial score (nSPS) is 10.8. The Kier molecular flexibility index (Phi) is 2.46. The molecule has 0 spiro atoms. The van der Waals surface area contributed by atoms with Gasteiger partial charge < -0.3 is 5.32 Å². The van der Waals surface area contributed by atoms with E-state index in [1.165, 1.54) is 26.2 Å². The van der Waals surface area contributed by atoms with E-state index >= 15 is 0 Å². The fourth-order valence-electron chi connectivity index (χ4n) is 1.90. The van der Waals surface area contributed by atoms with E-state index in [4.69, 9.17) is 0 Å². The molecule has 0 atom stereocenters. The Morgan fingerprint density at radius 3 is 2.79 bits per heavy atom.